The Balaban J connectivity index is 1.63. The Morgan fingerprint density at radius 3 is 3.00 bits per heavy atom. The van der Waals surface area contributed by atoms with Crippen molar-refractivity contribution < 1.29 is 19.4 Å². The molecule has 1 aromatic carbocycles. The molecule has 5 heteroatoms. The highest BCUT2D eigenvalue weighted by Gasteiger charge is 2.71. The lowest BCUT2D eigenvalue weighted by Crippen LogP contribution is -2.74. The molecule has 1 spiro atoms. The predicted octanol–water partition coefficient (Wildman–Crippen LogP) is 2.95. The second-order valence-corrected chi connectivity index (χ2v) is 8.71. The summed E-state index contributed by atoms with van der Waals surface area (Å²) < 4.78 is 12.2. The van der Waals surface area contributed by atoms with E-state index in [0.29, 0.717) is 12.2 Å². The van der Waals surface area contributed by atoms with E-state index in [1.807, 2.05) is 26.0 Å². The van der Waals surface area contributed by atoms with Crippen molar-refractivity contribution in [3.05, 3.63) is 65.0 Å². The minimum atomic E-state index is -0.937. The Kier molecular flexibility index (Phi) is 4.06. The van der Waals surface area contributed by atoms with Gasteiger partial charge in [0.15, 0.2) is 6.10 Å². The number of nitrogens with zero attached hydrogens (tertiary/aromatic N) is 1. The number of aryl methyl sites for hydroxylation is 1. The number of benzene rings is 1. The van der Waals surface area contributed by atoms with Gasteiger partial charge in [0.2, 0.25) is 0 Å². The van der Waals surface area contributed by atoms with Gasteiger partial charge in [0.05, 0.1) is 11.0 Å². The van der Waals surface area contributed by atoms with E-state index in [0.717, 1.165) is 36.3 Å². The van der Waals surface area contributed by atoms with Gasteiger partial charge >= 0.3 is 5.97 Å². The number of hydrogen-bond acceptors (Lipinski definition) is 5. The van der Waals surface area contributed by atoms with Crippen molar-refractivity contribution in [2.75, 3.05) is 13.6 Å². The first-order valence-electron chi connectivity index (χ1n) is 10.4. The largest absolute Gasteiger partial charge is 0.481 e. The van der Waals surface area contributed by atoms with Crippen LogP contribution in [0.15, 0.2) is 48.3 Å². The van der Waals surface area contributed by atoms with Crippen LogP contribution in [0.25, 0.3) is 0 Å². The average molecular weight is 393 g/mol. The van der Waals surface area contributed by atoms with Crippen LogP contribution >= 0.6 is 0 Å². The molecule has 0 radical (unpaired) electrons. The first-order chi connectivity index (χ1) is 13.9. The maximum Gasteiger partial charge on any atom is 0.335 e. The molecule has 4 aliphatic rings. The van der Waals surface area contributed by atoms with Gasteiger partial charge in [-0.15, -0.1) is 0 Å². The fourth-order valence-electron chi connectivity index (χ4n) is 5.98. The number of carbonyl (C=O) groups is 1. The van der Waals surface area contributed by atoms with Crippen LogP contribution < -0.4 is 4.74 Å². The highest BCUT2D eigenvalue weighted by molar-refractivity contribution is 5.83. The summed E-state index contributed by atoms with van der Waals surface area (Å²) >= 11 is 0. The second-order valence-electron chi connectivity index (χ2n) is 8.71. The Hall–Kier alpha value is -2.37. The number of allylic oxidation sites excluding steroid dienone is 3. The van der Waals surface area contributed by atoms with Gasteiger partial charge in [0.25, 0.3) is 0 Å². The molecule has 1 fully saturated rings. The van der Waals surface area contributed by atoms with Crippen LogP contribution in [-0.4, -0.2) is 47.3 Å². The fraction of sp³-hybridized carbons (Fsp3) is 0.458. The highest BCUT2D eigenvalue weighted by atomic mass is 16.6. The van der Waals surface area contributed by atoms with Gasteiger partial charge in [-0.3, -0.25) is 0 Å². The van der Waals surface area contributed by atoms with Crippen LogP contribution in [0.5, 0.6) is 5.75 Å². The van der Waals surface area contributed by atoms with E-state index in [4.69, 9.17) is 9.47 Å². The lowest BCUT2D eigenvalue weighted by molar-refractivity contribution is -0.168. The number of likely N-dealkylation sites (tertiary alicyclic amines) is 1. The number of esters is 1. The number of likely N-dealkylation sites (N-methyl/N-ethyl adjacent to an activating group) is 1. The number of rotatable bonds is 3. The molecule has 5 rings (SSSR count). The van der Waals surface area contributed by atoms with Crippen molar-refractivity contribution >= 4 is 5.97 Å². The maximum absolute atomic E-state index is 12.4. The van der Waals surface area contributed by atoms with E-state index in [9.17, 15) is 9.90 Å². The van der Waals surface area contributed by atoms with Crippen LogP contribution in [0.1, 0.15) is 36.5 Å². The third kappa shape index (κ3) is 2.31. The zero-order valence-corrected chi connectivity index (χ0v) is 17.1. The number of piperidine rings is 1. The van der Waals surface area contributed by atoms with Gasteiger partial charge in [0.1, 0.15) is 11.5 Å². The number of carbonyl (C=O) groups excluding carboxylic acids is 1. The summed E-state index contributed by atoms with van der Waals surface area (Å²) in [5, 5.41) is 12.1. The molecule has 2 aliphatic heterocycles. The first-order valence-corrected chi connectivity index (χ1v) is 10.4. The average Bonchev–Trinajstić information content (AvgIpc) is 3.05. The van der Waals surface area contributed by atoms with Gasteiger partial charge in [-0.1, -0.05) is 30.4 Å². The Bertz CT molecular complexity index is 977. The van der Waals surface area contributed by atoms with E-state index < -0.39 is 23.1 Å². The summed E-state index contributed by atoms with van der Waals surface area (Å²) in [6.07, 6.45) is 10.1. The van der Waals surface area contributed by atoms with E-state index in [1.165, 1.54) is 11.6 Å². The quantitative estimate of drug-likeness (QED) is 0.486. The molecular weight excluding hydrogens is 366 g/mol. The fourth-order valence-corrected chi connectivity index (χ4v) is 5.98. The third-order valence-corrected chi connectivity index (χ3v) is 7.33. The molecule has 0 amide bonds. The summed E-state index contributed by atoms with van der Waals surface area (Å²) in [7, 11) is 2.09. The van der Waals surface area contributed by atoms with Crippen LogP contribution in [0, 0.1) is 6.92 Å². The molecule has 4 atom stereocenters. The molecule has 2 aliphatic carbocycles. The van der Waals surface area contributed by atoms with Gasteiger partial charge in [-0.25, -0.2) is 4.79 Å². The lowest BCUT2D eigenvalue weighted by Gasteiger charge is -2.61. The summed E-state index contributed by atoms with van der Waals surface area (Å²) in [4.78, 5) is 14.6. The predicted molar refractivity (Wildman–Crippen MR) is 110 cm³/mol. The topological polar surface area (TPSA) is 59.0 Å². The second kappa shape index (κ2) is 6.31. The molecule has 0 saturated carbocycles. The Morgan fingerprint density at radius 1 is 1.38 bits per heavy atom. The van der Waals surface area contributed by atoms with Gasteiger partial charge in [-0.05, 0) is 57.5 Å². The molecule has 2 heterocycles. The Labute approximate surface area is 171 Å². The molecule has 5 nitrogen and oxygen atoms in total. The Morgan fingerprint density at radius 2 is 2.21 bits per heavy atom. The lowest BCUT2D eigenvalue weighted by atomic mass is 9.50. The molecule has 1 N–H and O–H groups in total. The number of aliphatic hydroxyl groups is 1. The van der Waals surface area contributed by atoms with Crippen LogP contribution in [-0.2, 0) is 21.4 Å². The first kappa shape index (κ1) is 18.6. The number of hydrogen-bond donors (Lipinski definition) is 1. The summed E-state index contributed by atoms with van der Waals surface area (Å²) in [6, 6.07) is 4.29. The molecular formula is C24H27NO4. The summed E-state index contributed by atoms with van der Waals surface area (Å²) in [5.41, 5.74) is 1.94. The maximum atomic E-state index is 12.4. The van der Waals surface area contributed by atoms with E-state index in [-0.39, 0.29) is 6.04 Å². The van der Waals surface area contributed by atoms with Crippen LogP contribution in [0.4, 0.5) is 0 Å². The van der Waals surface area contributed by atoms with Crippen molar-refractivity contribution in [1.29, 1.82) is 0 Å². The molecule has 0 aromatic heterocycles. The van der Waals surface area contributed by atoms with Crippen molar-refractivity contribution in [2.24, 2.45) is 0 Å². The molecule has 0 unspecified atom stereocenters. The third-order valence-electron chi connectivity index (χ3n) is 7.33. The monoisotopic (exact) mass is 393 g/mol. The van der Waals surface area contributed by atoms with Crippen molar-refractivity contribution in [2.45, 2.75) is 56.3 Å². The zero-order valence-electron chi connectivity index (χ0n) is 17.1. The standard InChI is InChI=1S/C24H27NO4/c1-4-5-6-7-19(26)28-17-10-11-24(27)18-14-16-9-8-15(2)21-20(16)23(24,22(17)29-21)12-13-25(18)3/h4-10,18,22,27H,11-14H2,1-3H3/b5-4+,7-6+/t18-,22+,23+,24-/m1/s1. The van der Waals surface area contributed by atoms with Crippen LogP contribution in [0.2, 0.25) is 0 Å². The van der Waals surface area contributed by atoms with Crippen molar-refractivity contribution in [3.8, 4) is 5.75 Å². The van der Waals surface area contributed by atoms with Gasteiger partial charge < -0.3 is 19.5 Å². The van der Waals surface area contributed by atoms with E-state index in [2.05, 4.69) is 24.1 Å². The van der Waals surface area contributed by atoms with Gasteiger partial charge in [-0.2, -0.15) is 0 Å². The van der Waals surface area contributed by atoms with Crippen molar-refractivity contribution in [3.63, 3.8) is 0 Å². The SMILES string of the molecule is C/C=C/C=C/C(=O)OC1=CC[C@@]2(O)[C@H]3Cc4ccc(C)c5c4[C@@]2(CCN3C)[C@H]1O5. The highest BCUT2D eigenvalue weighted by Crippen LogP contribution is 2.64. The number of ether oxygens (including phenoxy) is 2. The van der Waals surface area contributed by atoms with E-state index in [1.54, 1.807) is 12.2 Å². The van der Waals surface area contributed by atoms with Crippen molar-refractivity contribution in [1.82, 2.24) is 4.90 Å². The minimum Gasteiger partial charge on any atom is -0.481 e. The van der Waals surface area contributed by atoms with Crippen LogP contribution in [0.3, 0.4) is 0 Å². The summed E-state index contributed by atoms with van der Waals surface area (Å²) in [6.45, 7) is 4.81. The van der Waals surface area contributed by atoms with Gasteiger partial charge in [0, 0.05) is 24.1 Å². The molecule has 29 heavy (non-hydrogen) atoms. The summed E-state index contributed by atoms with van der Waals surface area (Å²) in [5.74, 6) is 0.965. The molecule has 1 saturated heterocycles. The normalized spacial score (nSPS) is 34.8. The minimum absolute atomic E-state index is 0.0200. The smallest absolute Gasteiger partial charge is 0.335 e. The van der Waals surface area contributed by atoms with E-state index >= 15 is 0 Å². The molecule has 2 bridgehead atoms. The molecule has 152 valence electrons. The molecule has 1 aromatic rings. The zero-order chi connectivity index (χ0) is 20.4.